The molecule has 7 nitrogen and oxygen atoms in total. The summed E-state index contributed by atoms with van der Waals surface area (Å²) in [5.74, 6) is 0.0298. The highest BCUT2D eigenvalue weighted by molar-refractivity contribution is 7.89. The molecule has 0 bridgehead atoms. The third kappa shape index (κ3) is 7.90. The van der Waals surface area contributed by atoms with Crippen LogP contribution in [0.1, 0.15) is 55.0 Å². The zero-order valence-electron chi connectivity index (χ0n) is 26.1. The van der Waals surface area contributed by atoms with Crippen molar-refractivity contribution in [3.63, 3.8) is 0 Å². The van der Waals surface area contributed by atoms with E-state index in [2.05, 4.69) is 4.72 Å². The minimum Gasteiger partial charge on any atom is -0.457 e. The number of halogens is 6. The zero-order valence-corrected chi connectivity index (χ0v) is 26.9. The summed E-state index contributed by atoms with van der Waals surface area (Å²) in [5, 5.41) is 20.2. The summed E-state index contributed by atoms with van der Waals surface area (Å²) in [6, 6.07) is 14.3. The van der Waals surface area contributed by atoms with Crippen LogP contribution in [-0.2, 0) is 32.5 Å². The second kappa shape index (κ2) is 13.5. The van der Waals surface area contributed by atoms with Crippen molar-refractivity contribution in [2.75, 3.05) is 20.3 Å². The molecule has 0 fully saturated rings. The van der Waals surface area contributed by atoms with Gasteiger partial charge in [0, 0.05) is 31.2 Å². The lowest BCUT2D eigenvalue weighted by molar-refractivity contribution is -0.143. The van der Waals surface area contributed by atoms with Gasteiger partial charge in [0.15, 0.2) is 0 Å². The van der Waals surface area contributed by atoms with Crippen molar-refractivity contribution in [2.45, 2.75) is 49.9 Å². The highest BCUT2D eigenvalue weighted by atomic mass is 32.2. The number of hydrogen-bond acceptors (Lipinski definition) is 6. The van der Waals surface area contributed by atoms with Gasteiger partial charge >= 0.3 is 12.4 Å². The predicted molar refractivity (Wildman–Crippen MR) is 166 cm³/mol. The Balaban J connectivity index is 2.01. The molecule has 4 aromatic carbocycles. The SMILES string of the molecule is COCCCNS(=O)(=O)c1ccc(Oc2cc(C(C)(C)C)cc3cc(C#N)c(C#N)c(-c4cc(C(F)(F)F)cc(C(F)(F)F)c4)c23)cc1. The van der Waals surface area contributed by atoms with E-state index in [9.17, 15) is 45.3 Å². The van der Waals surface area contributed by atoms with Crippen LogP contribution in [0.25, 0.3) is 21.9 Å². The first-order valence-electron chi connectivity index (χ1n) is 14.3. The quantitative estimate of drug-likeness (QED) is 0.139. The van der Waals surface area contributed by atoms with Gasteiger partial charge in [-0.3, -0.25) is 0 Å². The van der Waals surface area contributed by atoms with Crippen LogP contribution in [0.4, 0.5) is 26.3 Å². The van der Waals surface area contributed by atoms with Gasteiger partial charge in [0.1, 0.15) is 23.6 Å². The highest BCUT2D eigenvalue weighted by Gasteiger charge is 2.38. The number of nitrogens with zero attached hydrogens (tertiary/aromatic N) is 2. The van der Waals surface area contributed by atoms with Crippen LogP contribution >= 0.6 is 0 Å². The Hall–Kier alpha value is -4.63. The maximum Gasteiger partial charge on any atom is 0.416 e. The smallest absolute Gasteiger partial charge is 0.416 e. The van der Waals surface area contributed by atoms with Gasteiger partial charge < -0.3 is 9.47 Å². The first kappa shape index (κ1) is 36.2. The number of nitriles is 2. The molecule has 0 radical (unpaired) electrons. The fourth-order valence-electron chi connectivity index (χ4n) is 4.93. The van der Waals surface area contributed by atoms with Crippen LogP contribution in [0.15, 0.2) is 65.6 Å². The molecule has 0 atom stereocenters. The highest BCUT2D eigenvalue weighted by Crippen LogP contribution is 2.46. The van der Waals surface area contributed by atoms with Gasteiger partial charge in [0.2, 0.25) is 10.0 Å². The molecule has 0 saturated heterocycles. The minimum atomic E-state index is -5.18. The number of ether oxygens (including phenoxy) is 2. The van der Waals surface area contributed by atoms with Crippen LogP contribution in [-0.4, -0.2) is 28.7 Å². The van der Waals surface area contributed by atoms with Gasteiger partial charge in [-0.2, -0.15) is 36.9 Å². The molecule has 0 amide bonds. The van der Waals surface area contributed by atoms with E-state index in [4.69, 9.17) is 9.47 Å². The maximum absolute atomic E-state index is 13.9. The summed E-state index contributed by atoms with van der Waals surface area (Å²) < 4.78 is 122. The molecule has 14 heteroatoms. The maximum atomic E-state index is 13.9. The fourth-order valence-corrected chi connectivity index (χ4v) is 6.01. The van der Waals surface area contributed by atoms with Gasteiger partial charge in [-0.05, 0) is 82.9 Å². The number of hydrogen-bond donors (Lipinski definition) is 1. The second-order valence-electron chi connectivity index (χ2n) is 11.8. The number of sulfonamides is 1. The summed E-state index contributed by atoms with van der Waals surface area (Å²) in [5.41, 5.74) is -4.82. The van der Waals surface area contributed by atoms with E-state index in [-0.39, 0.29) is 50.9 Å². The number of benzene rings is 4. The summed E-state index contributed by atoms with van der Waals surface area (Å²) in [7, 11) is -2.41. The van der Waals surface area contributed by atoms with Crippen molar-refractivity contribution in [3.05, 3.63) is 88.5 Å². The fraction of sp³-hybridized carbons (Fsp3) is 0.294. The Kier molecular flexibility index (Phi) is 10.2. The topological polar surface area (TPSA) is 112 Å². The summed E-state index contributed by atoms with van der Waals surface area (Å²) in [6.07, 6.45) is -9.92. The number of fused-ring (bicyclic) bond motifs is 1. The van der Waals surface area contributed by atoms with Gasteiger partial charge in [-0.25, -0.2) is 13.1 Å². The van der Waals surface area contributed by atoms with Crippen LogP contribution in [0.5, 0.6) is 11.5 Å². The van der Waals surface area contributed by atoms with Crippen molar-refractivity contribution in [3.8, 4) is 34.8 Å². The van der Waals surface area contributed by atoms with E-state index in [1.54, 1.807) is 18.2 Å². The van der Waals surface area contributed by atoms with Crippen LogP contribution in [0.2, 0.25) is 0 Å². The van der Waals surface area contributed by atoms with E-state index in [1.165, 1.54) is 37.4 Å². The van der Waals surface area contributed by atoms with Crippen molar-refractivity contribution < 1.29 is 44.2 Å². The molecule has 0 aliphatic rings. The van der Waals surface area contributed by atoms with Gasteiger partial charge in [-0.1, -0.05) is 26.8 Å². The number of rotatable bonds is 9. The van der Waals surface area contributed by atoms with E-state index in [0.717, 1.165) is 0 Å². The van der Waals surface area contributed by atoms with Crippen molar-refractivity contribution in [2.24, 2.45) is 0 Å². The molecule has 252 valence electrons. The predicted octanol–water partition coefficient (Wildman–Crippen LogP) is 8.69. The third-order valence-corrected chi connectivity index (χ3v) is 8.83. The monoisotopic (exact) mass is 689 g/mol. The lowest BCUT2D eigenvalue weighted by Gasteiger charge is -2.23. The Morgan fingerprint density at radius 3 is 1.92 bits per heavy atom. The lowest BCUT2D eigenvalue weighted by atomic mass is 9.82. The molecule has 0 saturated carbocycles. The first-order chi connectivity index (χ1) is 22.3. The van der Waals surface area contributed by atoms with Crippen LogP contribution in [0.3, 0.4) is 0 Å². The largest absolute Gasteiger partial charge is 0.457 e. The molecule has 0 spiro atoms. The van der Waals surface area contributed by atoms with Gasteiger partial charge in [0.05, 0.1) is 27.1 Å². The third-order valence-electron chi connectivity index (χ3n) is 7.36. The second-order valence-corrected chi connectivity index (χ2v) is 13.6. The molecule has 4 rings (SSSR count). The van der Waals surface area contributed by atoms with E-state index >= 15 is 0 Å². The van der Waals surface area contributed by atoms with Crippen LogP contribution < -0.4 is 9.46 Å². The summed E-state index contributed by atoms with van der Waals surface area (Å²) in [6.45, 7) is 6.04. The Labute approximate surface area is 273 Å². The molecule has 1 N–H and O–H groups in total. The summed E-state index contributed by atoms with van der Waals surface area (Å²) >= 11 is 0. The molecule has 0 aliphatic carbocycles. The van der Waals surface area contributed by atoms with Crippen LogP contribution in [0, 0.1) is 22.7 Å². The minimum absolute atomic E-state index is 0.0248. The standard InChI is InChI=1S/C34H29F6N3O4S/c1-32(2,3)23-13-20-12-22(18-41)28(19-42)30(21-14-24(33(35,36)37)16-25(15-21)34(38,39)40)31(20)29(17-23)47-26-6-8-27(9-7-26)48(44,45)43-10-5-11-46-4/h6-9,12-17,43H,5,10-11H2,1-4H3. The number of nitrogens with one attached hydrogen (secondary N) is 1. The van der Waals surface area contributed by atoms with Crippen molar-refractivity contribution in [1.82, 2.24) is 4.72 Å². The van der Waals surface area contributed by atoms with Gasteiger partial charge in [-0.15, -0.1) is 0 Å². The normalized spacial score (nSPS) is 12.5. The molecular weight excluding hydrogens is 660 g/mol. The van der Waals surface area contributed by atoms with E-state index in [0.29, 0.717) is 30.7 Å². The molecular formula is C34H29F6N3O4S. The van der Waals surface area contributed by atoms with E-state index < -0.39 is 50.0 Å². The number of alkyl halides is 6. The van der Waals surface area contributed by atoms with E-state index in [1.807, 2.05) is 26.8 Å². The Morgan fingerprint density at radius 1 is 0.812 bits per heavy atom. The van der Waals surface area contributed by atoms with Gasteiger partial charge in [0.25, 0.3) is 0 Å². The zero-order chi connectivity index (χ0) is 35.7. The lowest BCUT2D eigenvalue weighted by Crippen LogP contribution is -2.25. The Morgan fingerprint density at radius 2 is 1.42 bits per heavy atom. The Bertz CT molecular complexity index is 2010. The van der Waals surface area contributed by atoms with Crippen molar-refractivity contribution in [1.29, 1.82) is 10.5 Å². The average molecular weight is 690 g/mol. The molecule has 0 aliphatic heterocycles. The molecule has 4 aromatic rings. The molecule has 0 unspecified atom stereocenters. The molecule has 48 heavy (non-hydrogen) atoms. The molecule has 0 aromatic heterocycles. The summed E-state index contributed by atoms with van der Waals surface area (Å²) in [4.78, 5) is -0.0877. The number of methoxy groups -OCH3 is 1. The average Bonchev–Trinajstić information content (AvgIpc) is 3.00. The molecule has 0 heterocycles. The van der Waals surface area contributed by atoms with Crippen molar-refractivity contribution >= 4 is 20.8 Å². The first-order valence-corrected chi connectivity index (χ1v) is 15.8.